The molecule has 0 unspecified atom stereocenters. The summed E-state index contributed by atoms with van der Waals surface area (Å²) in [4.78, 5) is 0. The average Bonchev–Trinajstić information content (AvgIpc) is 2.46. The van der Waals surface area contributed by atoms with Crippen molar-refractivity contribution >= 4 is 15.9 Å². The molecule has 0 fully saturated rings. The molecule has 2 aromatic carbocycles. The highest BCUT2D eigenvalue weighted by Gasteiger charge is 2.10. The van der Waals surface area contributed by atoms with Crippen LogP contribution in [0.2, 0.25) is 0 Å². The topological polar surface area (TPSA) is 38.7 Å². The third-order valence-corrected chi connectivity index (χ3v) is 3.30. The first-order chi connectivity index (χ1) is 9.74. The second kappa shape index (κ2) is 7.31. The van der Waals surface area contributed by atoms with Crippen LogP contribution in [0.15, 0.2) is 46.9 Å². The van der Waals surface area contributed by atoms with E-state index in [-0.39, 0.29) is 6.61 Å². The van der Waals surface area contributed by atoms with Crippen molar-refractivity contribution in [2.24, 2.45) is 0 Å². The number of ether oxygens (including phenoxy) is 2. The smallest absolute Gasteiger partial charge is 0.167 e. The number of benzene rings is 2. The molecule has 3 nitrogen and oxygen atoms in total. The molecule has 0 aromatic heterocycles. The van der Waals surface area contributed by atoms with Crippen molar-refractivity contribution in [1.29, 1.82) is 0 Å². The maximum atomic E-state index is 9.41. The van der Waals surface area contributed by atoms with E-state index < -0.39 is 0 Å². The first-order valence-electron chi connectivity index (χ1n) is 6.47. The van der Waals surface area contributed by atoms with Crippen LogP contribution in [0.1, 0.15) is 18.1 Å². The second-order valence-electron chi connectivity index (χ2n) is 4.25. The molecular weight excluding hydrogens is 320 g/mol. The van der Waals surface area contributed by atoms with E-state index in [1.54, 1.807) is 0 Å². The van der Waals surface area contributed by atoms with Crippen LogP contribution in [0.4, 0.5) is 0 Å². The van der Waals surface area contributed by atoms with E-state index in [0.29, 0.717) is 24.7 Å². The summed E-state index contributed by atoms with van der Waals surface area (Å²) in [7, 11) is 0. The van der Waals surface area contributed by atoms with Gasteiger partial charge in [-0.25, -0.2) is 0 Å². The van der Waals surface area contributed by atoms with Crippen molar-refractivity contribution in [2.45, 2.75) is 20.1 Å². The Morgan fingerprint density at radius 3 is 2.60 bits per heavy atom. The molecule has 106 valence electrons. The maximum Gasteiger partial charge on any atom is 0.167 e. The SMILES string of the molecule is CCOc1cccc(CO)c1OCc1cccc(Br)c1. The second-order valence-corrected chi connectivity index (χ2v) is 5.17. The van der Waals surface area contributed by atoms with E-state index in [0.717, 1.165) is 15.6 Å². The number of aliphatic hydroxyl groups is 1. The Kier molecular flexibility index (Phi) is 5.44. The highest BCUT2D eigenvalue weighted by Crippen LogP contribution is 2.32. The fraction of sp³-hybridized carbons (Fsp3) is 0.250. The van der Waals surface area contributed by atoms with Crippen LogP contribution < -0.4 is 9.47 Å². The summed E-state index contributed by atoms with van der Waals surface area (Å²) >= 11 is 3.44. The van der Waals surface area contributed by atoms with Gasteiger partial charge < -0.3 is 14.6 Å². The van der Waals surface area contributed by atoms with Crippen LogP contribution in [0.5, 0.6) is 11.5 Å². The first kappa shape index (κ1) is 14.9. The molecular formula is C16H17BrO3. The lowest BCUT2D eigenvalue weighted by Gasteiger charge is -2.15. The number of hydrogen-bond acceptors (Lipinski definition) is 3. The molecule has 0 heterocycles. The first-order valence-corrected chi connectivity index (χ1v) is 7.26. The third-order valence-electron chi connectivity index (χ3n) is 2.80. The Morgan fingerprint density at radius 1 is 1.10 bits per heavy atom. The van der Waals surface area contributed by atoms with Crippen LogP contribution in [-0.2, 0) is 13.2 Å². The molecule has 0 aliphatic rings. The van der Waals surface area contributed by atoms with Gasteiger partial charge >= 0.3 is 0 Å². The molecule has 2 rings (SSSR count). The Hall–Kier alpha value is -1.52. The number of rotatable bonds is 6. The van der Waals surface area contributed by atoms with Crippen molar-refractivity contribution in [3.8, 4) is 11.5 Å². The van der Waals surface area contributed by atoms with E-state index >= 15 is 0 Å². The van der Waals surface area contributed by atoms with Gasteiger partial charge in [-0.05, 0) is 30.7 Å². The third kappa shape index (κ3) is 3.74. The van der Waals surface area contributed by atoms with Crippen molar-refractivity contribution in [3.63, 3.8) is 0 Å². The minimum Gasteiger partial charge on any atom is -0.490 e. The minimum atomic E-state index is -0.0747. The van der Waals surface area contributed by atoms with Crippen LogP contribution >= 0.6 is 15.9 Å². The molecule has 0 radical (unpaired) electrons. The Morgan fingerprint density at radius 2 is 1.90 bits per heavy atom. The molecule has 20 heavy (non-hydrogen) atoms. The quantitative estimate of drug-likeness (QED) is 0.868. The highest BCUT2D eigenvalue weighted by atomic mass is 79.9. The maximum absolute atomic E-state index is 9.41. The summed E-state index contributed by atoms with van der Waals surface area (Å²) in [5, 5.41) is 9.41. The summed E-state index contributed by atoms with van der Waals surface area (Å²) < 4.78 is 12.4. The zero-order chi connectivity index (χ0) is 14.4. The zero-order valence-corrected chi connectivity index (χ0v) is 12.9. The molecule has 1 N–H and O–H groups in total. The number of aliphatic hydroxyl groups excluding tert-OH is 1. The van der Waals surface area contributed by atoms with Gasteiger partial charge in [0.15, 0.2) is 11.5 Å². The largest absolute Gasteiger partial charge is 0.490 e. The highest BCUT2D eigenvalue weighted by molar-refractivity contribution is 9.10. The Bertz CT molecular complexity index is 569. The minimum absolute atomic E-state index is 0.0747. The van der Waals surface area contributed by atoms with Gasteiger partial charge in [-0.1, -0.05) is 40.2 Å². The lowest BCUT2D eigenvalue weighted by atomic mass is 10.2. The van der Waals surface area contributed by atoms with Gasteiger partial charge in [0.25, 0.3) is 0 Å². The average molecular weight is 337 g/mol. The molecule has 0 bridgehead atoms. The molecule has 0 aliphatic carbocycles. The van der Waals surface area contributed by atoms with Crippen LogP contribution in [-0.4, -0.2) is 11.7 Å². The molecule has 4 heteroatoms. The van der Waals surface area contributed by atoms with Crippen molar-refractivity contribution < 1.29 is 14.6 Å². The normalized spacial score (nSPS) is 10.3. The van der Waals surface area contributed by atoms with Crippen LogP contribution in [0, 0.1) is 0 Å². The summed E-state index contributed by atoms with van der Waals surface area (Å²) in [5.74, 6) is 1.27. The monoisotopic (exact) mass is 336 g/mol. The molecule has 0 saturated carbocycles. The predicted octanol–water partition coefficient (Wildman–Crippen LogP) is 3.92. The number of halogens is 1. The van der Waals surface area contributed by atoms with Gasteiger partial charge in [-0.3, -0.25) is 0 Å². The lowest BCUT2D eigenvalue weighted by molar-refractivity contribution is 0.243. The van der Waals surface area contributed by atoms with E-state index in [4.69, 9.17) is 9.47 Å². The zero-order valence-electron chi connectivity index (χ0n) is 11.3. The van der Waals surface area contributed by atoms with Crippen molar-refractivity contribution in [3.05, 3.63) is 58.1 Å². The van der Waals surface area contributed by atoms with Gasteiger partial charge in [-0.15, -0.1) is 0 Å². The van der Waals surface area contributed by atoms with Crippen LogP contribution in [0.3, 0.4) is 0 Å². The molecule has 0 spiro atoms. The van der Waals surface area contributed by atoms with E-state index in [1.165, 1.54) is 0 Å². The van der Waals surface area contributed by atoms with Gasteiger partial charge in [0.2, 0.25) is 0 Å². The van der Waals surface area contributed by atoms with Gasteiger partial charge in [-0.2, -0.15) is 0 Å². The summed E-state index contributed by atoms with van der Waals surface area (Å²) in [6.45, 7) is 2.83. The van der Waals surface area contributed by atoms with Gasteiger partial charge in [0.05, 0.1) is 13.2 Å². The molecule has 0 saturated heterocycles. The lowest BCUT2D eigenvalue weighted by Crippen LogP contribution is -2.02. The fourth-order valence-corrected chi connectivity index (χ4v) is 2.35. The van der Waals surface area contributed by atoms with Crippen molar-refractivity contribution in [2.75, 3.05) is 6.61 Å². The number of para-hydroxylation sites is 1. The standard InChI is InChI=1S/C16H17BrO3/c1-2-19-15-8-4-6-13(10-18)16(15)20-11-12-5-3-7-14(17)9-12/h3-9,18H,2,10-11H2,1H3. The summed E-state index contributed by atoms with van der Waals surface area (Å²) in [6.07, 6.45) is 0. The van der Waals surface area contributed by atoms with Gasteiger partial charge in [0, 0.05) is 10.0 Å². The van der Waals surface area contributed by atoms with E-state index in [2.05, 4.69) is 15.9 Å². The molecule has 2 aromatic rings. The number of hydrogen-bond donors (Lipinski definition) is 1. The predicted molar refractivity (Wildman–Crippen MR) is 82.0 cm³/mol. The molecule has 0 amide bonds. The Labute approximate surface area is 127 Å². The summed E-state index contributed by atoms with van der Waals surface area (Å²) in [6, 6.07) is 13.5. The molecule has 0 atom stereocenters. The fourth-order valence-electron chi connectivity index (χ4n) is 1.90. The Balaban J connectivity index is 2.19. The van der Waals surface area contributed by atoms with Crippen molar-refractivity contribution in [1.82, 2.24) is 0 Å². The molecule has 0 aliphatic heterocycles. The van der Waals surface area contributed by atoms with E-state index in [1.807, 2.05) is 49.4 Å². The van der Waals surface area contributed by atoms with Crippen LogP contribution in [0.25, 0.3) is 0 Å². The summed E-state index contributed by atoms with van der Waals surface area (Å²) in [5.41, 5.74) is 1.78. The van der Waals surface area contributed by atoms with E-state index in [9.17, 15) is 5.11 Å². The van der Waals surface area contributed by atoms with Gasteiger partial charge in [0.1, 0.15) is 6.61 Å².